The third-order valence-electron chi connectivity index (χ3n) is 9.12. The second-order valence-corrected chi connectivity index (χ2v) is 11.6. The number of rotatable bonds is 3. The first-order chi connectivity index (χ1) is 21.3. The van der Waals surface area contributed by atoms with Gasteiger partial charge >= 0.3 is 0 Å². The molecule has 0 radical (unpaired) electrons. The summed E-state index contributed by atoms with van der Waals surface area (Å²) in [4.78, 5) is 0. The Morgan fingerprint density at radius 2 is 1.09 bits per heavy atom. The molecule has 9 rings (SSSR count). The van der Waals surface area contributed by atoms with E-state index in [0.717, 1.165) is 24.0 Å². The van der Waals surface area contributed by atoms with E-state index in [4.69, 9.17) is 4.42 Å². The maximum Gasteiger partial charge on any atom is 0.136 e. The molecule has 1 heterocycles. The van der Waals surface area contributed by atoms with Gasteiger partial charge in [-0.05, 0) is 97.1 Å². The van der Waals surface area contributed by atoms with Crippen molar-refractivity contribution in [3.05, 3.63) is 151 Å². The smallest absolute Gasteiger partial charge is 0.136 e. The van der Waals surface area contributed by atoms with Crippen LogP contribution in [0.4, 0.5) is 0 Å². The summed E-state index contributed by atoms with van der Waals surface area (Å²) < 4.78 is 6.51. The molecular weight excluding hydrogens is 520 g/mol. The Balaban J connectivity index is 1.34. The molecule has 1 heteroatoms. The van der Waals surface area contributed by atoms with E-state index in [1.807, 2.05) is 0 Å². The van der Waals surface area contributed by atoms with Crippen LogP contribution in [0.25, 0.3) is 82.9 Å². The van der Waals surface area contributed by atoms with Gasteiger partial charge in [0.25, 0.3) is 0 Å². The summed E-state index contributed by atoms with van der Waals surface area (Å²) in [6.07, 6.45) is 6.65. The maximum atomic E-state index is 6.51. The van der Waals surface area contributed by atoms with Gasteiger partial charge in [-0.1, -0.05) is 127 Å². The molecule has 0 aliphatic heterocycles. The Kier molecular flexibility index (Phi) is 5.39. The Morgan fingerprint density at radius 1 is 0.465 bits per heavy atom. The molecule has 7 aromatic carbocycles. The monoisotopic (exact) mass is 548 g/mol. The van der Waals surface area contributed by atoms with Crippen molar-refractivity contribution in [3.8, 4) is 33.4 Å². The van der Waals surface area contributed by atoms with Crippen LogP contribution in [-0.4, -0.2) is 0 Å². The molecule has 8 aromatic rings. The Bertz CT molecular complexity index is 2310. The predicted molar refractivity (Wildman–Crippen MR) is 182 cm³/mol. The lowest BCUT2D eigenvalue weighted by Gasteiger charge is -2.18. The van der Waals surface area contributed by atoms with Gasteiger partial charge in [0, 0.05) is 10.8 Å². The van der Waals surface area contributed by atoms with Gasteiger partial charge in [0.1, 0.15) is 11.2 Å². The van der Waals surface area contributed by atoms with Crippen LogP contribution in [0.5, 0.6) is 0 Å². The zero-order valence-electron chi connectivity index (χ0n) is 23.7. The van der Waals surface area contributed by atoms with Crippen molar-refractivity contribution in [2.45, 2.75) is 12.8 Å². The largest absolute Gasteiger partial charge is 0.456 e. The summed E-state index contributed by atoms with van der Waals surface area (Å²) in [5.74, 6) is 0. The second-order valence-electron chi connectivity index (χ2n) is 11.6. The molecule has 43 heavy (non-hydrogen) atoms. The van der Waals surface area contributed by atoms with E-state index in [1.165, 1.54) is 76.8 Å². The van der Waals surface area contributed by atoms with E-state index in [9.17, 15) is 0 Å². The molecule has 0 bridgehead atoms. The van der Waals surface area contributed by atoms with E-state index < -0.39 is 0 Å². The average Bonchev–Trinajstić information content (AvgIpc) is 3.44. The maximum absolute atomic E-state index is 6.51. The van der Waals surface area contributed by atoms with Crippen LogP contribution in [-0.2, 0) is 6.42 Å². The SMILES string of the molecule is C1=Cc2cc3oc4cccc(-c5c6ccccc6c(-c6ccc(-c7ccccc7)cc6)c6ccccc56)c4c3cc2CC1. The third kappa shape index (κ3) is 3.78. The van der Waals surface area contributed by atoms with Gasteiger partial charge in [0.2, 0.25) is 0 Å². The minimum atomic E-state index is 0.938. The van der Waals surface area contributed by atoms with Crippen molar-refractivity contribution in [1.29, 1.82) is 0 Å². The van der Waals surface area contributed by atoms with Crippen molar-refractivity contribution in [3.63, 3.8) is 0 Å². The van der Waals surface area contributed by atoms with E-state index in [1.54, 1.807) is 0 Å². The second kappa shape index (κ2) is 9.58. The summed E-state index contributed by atoms with van der Waals surface area (Å²) in [7, 11) is 0. The molecular formula is C42H28O. The topological polar surface area (TPSA) is 13.1 Å². The minimum Gasteiger partial charge on any atom is -0.456 e. The first kappa shape index (κ1) is 24.2. The zero-order chi connectivity index (χ0) is 28.3. The van der Waals surface area contributed by atoms with Crippen molar-refractivity contribution in [2.24, 2.45) is 0 Å². The number of allylic oxidation sites excluding steroid dienone is 1. The number of fused-ring (bicyclic) bond motifs is 6. The normalized spacial score (nSPS) is 12.8. The van der Waals surface area contributed by atoms with E-state index in [-0.39, 0.29) is 0 Å². The minimum absolute atomic E-state index is 0.938. The summed E-state index contributed by atoms with van der Waals surface area (Å²) in [5, 5.41) is 7.43. The van der Waals surface area contributed by atoms with Gasteiger partial charge in [-0.15, -0.1) is 0 Å². The molecule has 1 nitrogen and oxygen atoms in total. The summed E-state index contributed by atoms with van der Waals surface area (Å²) in [6.45, 7) is 0. The lowest BCUT2D eigenvalue weighted by molar-refractivity contribution is 0.668. The number of aryl methyl sites for hydroxylation is 1. The molecule has 0 spiro atoms. The molecule has 0 saturated carbocycles. The Morgan fingerprint density at radius 3 is 1.81 bits per heavy atom. The molecule has 1 aromatic heterocycles. The van der Waals surface area contributed by atoms with Gasteiger partial charge in [-0.25, -0.2) is 0 Å². The molecule has 0 amide bonds. The lowest BCUT2D eigenvalue weighted by Crippen LogP contribution is -1.93. The summed E-state index contributed by atoms with van der Waals surface area (Å²) in [5.41, 5.74) is 12.0. The molecule has 1 aliphatic rings. The number of hydrogen-bond acceptors (Lipinski definition) is 1. The number of furan rings is 1. The van der Waals surface area contributed by atoms with Crippen LogP contribution >= 0.6 is 0 Å². The van der Waals surface area contributed by atoms with Crippen molar-refractivity contribution in [1.82, 2.24) is 0 Å². The van der Waals surface area contributed by atoms with Crippen LogP contribution < -0.4 is 0 Å². The van der Waals surface area contributed by atoms with Crippen LogP contribution in [0.15, 0.2) is 144 Å². The van der Waals surface area contributed by atoms with Crippen LogP contribution in [0.1, 0.15) is 17.5 Å². The highest BCUT2D eigenvalue weighted by atomic mass is 16.3. The van der Waals surface area contributed by atoms with Crippen LogP contribution in [0.3, 0.4) is 0 Å². The number of benzene rings is 7. The van der Waals surface area contributed by atoms with E-state index in [0.29, 0.717) is 0 Å². The predicted octanol–water partition coefficient (Wildman–Crippen LogP) is 11.9. The van der Waals surface area contributed by atoms with Gasteiger partial charge in [-0.2, -0.15) is 0 Å². The van der Waals surface area contributed by atoms with Crippen LogP contribution in [0, 0.1) is 0 Å². The lowest BCUT2D eigenvalue weighted by atomic mass is 9.84. The first-order valence-electron chi connectivity index (χ1n) is 15.1. The van der Waals surface area contributed by atoms with Gasteiger partial charge < -0.3 is 4.42 Å². The van der Waals surface area contributed by atoms with Crippen LogP contribution in [0.2, 0.25) is 0 Å². The zero-order valence-corrected chi connectivity index (χ0v) is 23.7. The first-order valence-corrected chi connectivity index (χ1v) is 15.1. The quantitative estimate of drug-likeness (QED) is 0.200. The fourth-order valence-corrected chi connectivity index (χ4v) is 7.15. The van der Waals surface area contributed by atoms with Gasteiger partial charge in [-0.3, -0.25) is 0 Å². The highest BCUT2D eigenvalue weighted by Gasteiger charge is 2.21. The molecule has 0 saturated heterocycles. The van der Waals surface area contributed by atoms with Crippen molar-refractivity contribution < 1.29 is 4.42 Å². The van der Waals surface area contributed by atoms with Crippen molar-refractivity contribution in [2.75, 3.05) is 0 Å². The van der Waals surface area contributed by atoms with Crippen molar-refractivity contribution >= 4 is 49.6 Å². The Hall–Kier alpha value is -5.40. The Labute approximate surface area is 250 Å². The fourth-order valence-electron chi connectivity index (χ4n) is 7.15. The van der Waals surface area contributed by atoms with E-state index >= 15 is 0 Å². The molecule has 1 aliphatic carbocycles. The third-order valence-corrected chi connectivity index (χ3v) is 9.12. The standard InChI is InChI=1S/C42H28O/c1-2-11-27(12-3-1)28-21-23-29(24-22-28)40-32-15-6-8-17-34(32)41(35-18-9-7-16-33(35)40)36-19-10-20-38-42(36)37-25-30-13-4-5-14-31(30)26-39(37)43-38/h1-3,5-12,14-26H,4,13H2. The molecule has 202 valence electrons. The van der Waals surface area contributed by atoms with E-state index in [2.05, 4.69) is 146 Å². The average molecular weight is 549 g/mol. The molecule has 0 unspecified atom stereocenters. The summed E-state index contributed by atoms with van der Waals surface area (Å²) >= 11 is 0. The molecule has 0 fully saturated rings. The highest BCUT2D eigenvalue weighted by Crippen LogP contribution is 2.47. The molecule has 0 atom stereocenters. The van der Waals surface area contributed by atoms with Gasteiger partial charge in [0.05, 0.1) is 0 Å². The van der Waals surface area contributed by atoms with Gasteiger partial charge in [0.15, 0.2) is 0 Å². The fraction of sp³-hybridized carbons (Fsp3) is 0.0476. The summed E-state index contributed by atoms with van der Waals surface area (Å²) in [6, 6.07) is 48.5. The molecule has 0 N–H and O–H groups in total. The highest BCUT2D eigenvalue weighted by molar-refractivity contribution is 6.25. The number of hydrogen-bond donors (Lipinski definition) is 0.